The minimum atomic E-state index is -0.255. The van der Waals surface area contributed by atoms with Gasteiger partial charge in [0.2, 0.25) is 0 Å². The number of hydrogen-bond acceptors (Lipinski definition) is 4. The van der Waals surface area contributed by atoms with Gasteiger partial charge in [0.05, 0.1) is 12.1 Å². The lowest BCUT2D eigenvalue weighted by molar-refractivity contribution is 0.144. The molecule has 0 radical (unpaired) electrons. The summed E-state index contributed by atoms with van der Waals surface area (Å²) in [7, 11) is 0. The lowest BCUT2D eigenvalue weighted by Gasteiger charge is -2.21. The molecule has 0 saturated heterocycles. The normalized spacial score (nSPS) is 27.0. The van der Waals surface area contributed by atoms with Gasteiger partial charge in [0.15, 0.2) is 0 Å². The minimum Gasteiger partial charge on any atom is -0.391 e. The first kappa shape index (κ1) is 10.4. The Hall–Kier alpha value is -1.16. The summed E-state index contributed by atoms with van der Waals surface area (Å²) in [6.07, 6.45) is 6.81. The van der Waals surface area contributed by atoms with Gasteiger partial charge in [-0.05, 0) is 25.0 Å². The molecule has 15 heavy (non-hydrogen) atoms. The summed E-state index contributed by atoms with van der Waals surface area (Å²) < 4.78 is 0. The molecule has 4 nitrogen and oxygen atoms in total. The smallest absolute Gasteiger partial charge is 0.148 e. The number of nitrogens with one attached hydrogen (secondary N) is 1. The third-order valence-electron chi connectivity index (χ3n) is 2.89. The van der Waals surface area contributed by atoms with Crippen molar-refractivity contribution in [3.8, 4) is 0 Å². The molecule has 82 valence electrons. The van der Waals surface area contributed by atoms with Crippen molar-refractivity contribution >= 4 is 5.82 Å². The number of anilines is 1. The monoisotopic (exact) mass is 207 g/mol. The zero-order chi connectivity index (χ0) is 10.5. The summed E-state index contributed by atoms with van der Waals surface area (Å²) >= 11 is 0. The Balaban J connectivity index is 1.97. The van der Waals surface area contributed by atoms with Crippen molar-refractivity contribution in [3.63, 3.8) is 0 Å². The van der Waals surface area contributed by atoms with Crippen molar-refractivity contribution in [1.82, 2.24) is 10.2 Å². The molecule has 0 amide bonds. The van der Waals surface area contributed by atoms with Crippen molar-refractivity contribution in [1.29, 1.82) is 0 Å². The van der Waals surface area contributed by atoms with Crippen molar-refractivity contribution in [2.75, 3.05) is 5.32 Å². The highest BCUT2D eigenvalue weighted by molar-refractivity contribution is 5.33. The highest BCUT2D eigenvalue weighted by Gasteiger charge is 2.21. The molecule has 1 aliphatic rings. The number of aliphatic hydroxyl groups excluding tert-OH is 1. The highest BCUT2D eigenvalue weighted by atomic mass is 16.3. The van der Waals surface area contributed by atoms with Gasteiger partial charge in [-0.3, -0.25) is 0 Å². The number of aromatic nitrogens is 2. The molecule has 2 N–H and O–H groups in total. The van der Waals surface area contributed by atoms with Crippen LogP contribution in [0.1, 0.15) is 32.1 Å². The molecule has 2 unspecified atom stereocenters. The van der Waals surface area contributed by atoms with E-state index < -0.39 is 0 Å². The molecule has 1 heterocycles. The first-order valence-electron chi connectivity index (χ1n) is 5.58. The molecule has 2 atom stereocenters. The molecule has 0 spiro atoms. The lowest BCUT2D eigenvalue weighted by Crippen LogP contribution is -2.32. The number of rotatable bonds is 2. The van der Waals surface area contributed by atoms with Crippen molar-refractivity contribution < 1.29 is 5.11 Å². The predicted octanol–water partition coefficient (Wildman–Crippen LogP) is 1.58. The van der Waals surface area contributed by atoms with Crippen LogP contribution in [0.25, 0.3) is 0 Å². The third-order valence-corrected chi connectivity index (χ3v) is 2.89. The minimum absolute atomic E-state index is 0.129. The van der Waals surface area contributed by atoms with Crippen LogP contribution < -0.4 is 5.32 Å². The van der Waals surface area contributed by atoms with Gasteiger partial charge >= 0.3 is 0 Å². The Kier molecular flexibility index (Phi) is 3.50. The molecule has 0 aromatic carbocycles. The summed E-state index contributed by atoms with van der Waals surface area (Å²) in [4.78, 5) is 0. The SMILES string of the molecule is OC1CCCCCC1Nc1cccnn1. The summed E-state index contributed by atoms with van der Waals surface area (Å²) in [5.41, 5.74) is 0. The molecule has 1 saturated carbocycles. The Morgan fingerprint density at radius 3 is 2.93 bits per heavy atom. The highest BCUT2D eigenvalue weighted by Crippen LogP contribution is 2.20. The Labute approximate surface area is 89.7 Å². The van der Waals surface area contributed by atoms with E-state index in [1.807, 2.05) is 12.1 Å². The zero-order valence-corrected chi connectivity index (χ0v) is 8.76. The standard InChI is InChI=1S/C11H17N3O/c15-10-6-3-1-2-5-9(10)13-11-7-4-8-12-14-11/h4,7-10,15H,1-3,5-6H2,(H,13,14). The predicted molar refractivity (Wildman–Crippen MR) is 58.5 cm³/mol. The summed E-state index contributed by atoms with van der Waals surface area (Å²) in [5.74, 6) is 0.753. The molecule has 1 fully saturated rings. The number of nitrogens with zero attached hydrogens (tertiary/aromatic N) is 2. The van der Waals surface area contributed by atoms with E-state index in [0.717, 1.165) is 25.1 Å². The molecule has 0 bridgehead atoms. The van der Waals surface area contributed by atoms with Gasteiger partial charge < -0.3 is 10.4 Å². The van der Waals surface area contributed by atoms with Crippen LogP contribution in [0.15, 0.2) is 18.3 Å². The van der Waals surface area contributed by atoms with E-state index in [2.05, 4.69) is 15.5 Å². The van der Waals surface area contributed by atoms with Crippen molar-refractivity contribution in [2.24, 2.45) is 0 Å². The van der Waals surface area contributed by atoms with E-state index in [9.17, 15) is 5.11 Å². The fourth-order valence-electron chi connectivity index (χ4n) is 2.02. The Morgan fingerprint density at radius 2 is 2.13 bits per heavy atom. The molecule has 2 rings (SSSR count). The maximum absolute atomic E-state index is 9.90. The zero-order valence-electron chi connectivity index (χ0n) is 8.76. The molecule has 1 aliphatic carbocycles. The topological polar surface area (TPSA) is 58.0 Å². The van der Waals surface area contributed by atoms with Gasteiger partial charge in [-0.1, -0.05) is 19.3 Å². The van der Waals surface area contributed by atoms with E-state index >= 15 is 0 Å². The van der Waals surface area contributed by atoms with Crippen LogP contribution in [0.4, 0.5) is 5.82 Å². The Bertz CT molecular complexity index is 291. The third kappa shape index (κ3) is 2.89. The van der Waals surface area contributed by atoms with Gasteiger partial charge in [0.1, 0.15) is 5.82 Å². The fraction of sp³-hybridized carbons (Fsp3) is 0.636. The summed E-state index contributed by atoms with van der Waals surface area (Å²) in [5, 5.41) is 20.9. The quantitative estimate of drug-likeness (QED) is 0.723. The van der Waals surface area contributed by atoms with E-state index in [1.54, 1.807) is 6.20 Å². The van der Waals surface area contributed by atoms with E-state index in [0.29, 0.717) is 0 Å². The Morgan fingerprint density at radius 1 is 1.27 bits per heavy atom. The van der Waals surface area contributed by atoms with Crippen LogP contribution in [0.3, 0.4) is 0 Å². The van der Waals surface area contributed by atoms with E-state index in [1.165, 1.54) is 12.8 Å². The maximum atomic E-state index is 9.90. The van der Waals surface area contributed by atoms with Crippen LogP contribution in [0.2, 0.25) is 0 Å². The fourth-order valence-corrected chi connectivity index (χ4v) is 2.02. The average Bonchev–Trinajstić information content (AvgIpc) is 2.46. The second-order valence-corrected chi connectivity index (χ2v) is 4.07. The number of hydrogen-bond donors (Lipinski definition) is 2. The molecule has 1 aromatic rings. The van der Waals surface area contributed by atoms with E-state index in [-0.39, 0.29) is 12.1 Å². The van der Waals surface area contributed by atoms with Gasteiger partial charge in [0, 0.05) is 6.20 Å². The van der Waals surface area contributed by atoms with Crippen LogP contribution in [0, 0.1) is 0 Å². The van der Waals surface area contributed by atoms with Gasteiger partial charge in [-0.25, -0.2) is 0 Å². The van der Waals surface area contributed by atoms with Crippen molar-refractivity contribution in [3.05, 3.63) is 18.3 Å². The van der Waals surface area contributed by atoms with Gasteiger partial charge in [-0.2, -0.15) is 5.10 Å². The van der Waals surface area contributed by atoms with Crippen LogP contribution in [0.5, 0.6) is 0 Å². The first-order valence-corrected chi connectivity index (χ1v) is 5.58. The molecular formula is C11H17N3O. The van der Waals surface area contributed by atoms with Gasteiger partial charge in [0.25, 0.3) is 0 Å². The lowest BCUT2D eigenvalue weighted by atomic mass is 10.1. The molecule has 0 aliphatic heterocycles. The number of aliphatic hydroxyl groups is 1. The summed E-state index contributed by atoms with van der Waals surface area (Å²) in [6, 6.07) is 3.85. The van der Waals surface area contributed by atoms with Crippen LogP contribution in [-0.2, 0) is 0 Å². The van der Waals surface area contributed by atoms with Crippen molar-refractivity contribution in [2.45, 2.75) is 44.2 Å². The van der Waals surface area contributed by atoms with E-state index in [4.69, 9.17) is 0 Å². The largest absolute Gasteiger partial charge is 0.391 e. The van der Waals surface area contributed by atoms with Crippen LogP contribution >= 0.6 is 0 Å². The van der Waals surface area contributed by atoms with Gasteiger partial charge in [-0.15, -0.1) is 5.10 Å². The second kappa shape index (κ2) is 5.07. The molecular weight excluding hydrogens is 190 g/mol. The molecule has 1 aromatic heterocycles. The summed E-state index contributed by atoms with van der Waals surface area (Å²) in [6.45, 7) is 0. The second-order valence-electron chi connectivity index (χ2n) is 4.07. The average molecular weight is 207 g/mol. The first-order chi connectivity index (χ1) is 7.36. The molecule has 4 heteroatoms. The maximum Gasteiger partial charge on any atom is 0.148 e. The van der Waals surface area contributed by atoms with Crippen LogP contribution in [-0.4, -0.2) is 27.4 Å².